The highest BCUT2D eigenvalue weighted by Gasteiger charge is 2.30. The van der Waals surface area contributed by atoms with Gasteiger partial charge in [0.05, 0.1) is 11.7 Å². The molecule has 2 aromatic heterocycles. The Bertz CT molecular complexity index is 798. The number of hydrogen-bond donors (Lipinski definition) is 4. The molecule has 2 amide bonds. The number of fused-ring (bicyclic) bond motifs is 1. The molecule has 3 heterocycles. The van der Waals surface area contributed by atoms with E-state index in [0.717, 1.165) is 36.9 Å². The van der Waals surface area contributed by atoms with Crippen LogP contribution < -0.4 is 15.5 Å². The van der Waals surface area contributed by atoms with Gasteiger partial charge in [-0.3, -0.25) is 4.79 Å². The van der Waals surface area contributed by atoms with Crippen LogP contribution in [-0.2, 0) is 4.79 Å². The number of aromatic amines is 1. The molecule has 0 bridgehead atoms. The summed E-state index contributed by atoms with van der Waals surface area (Å²) in [6, 6.07) is 3.73. The number of carbonyl (C=O) groups is 2. The predicted molar refractivity (Wildman–Crippen MR) is 89.2 cm³/mol. The first-order valence-electron chi connectivity index (χ1n) is 8.13. The maximum Gasteiger partial charge on any atom is 0.404 e. The van der Waals surface area contributed by atoms with Crippen LogP contribution in [0.25, 0.3) is 11.0 Å². The molecule has 1 aliphatic carbocycles. The van der Waals surface area contributed by atoms with Crippen molar-refractivity contribution >= 4 is 34.5 Å². The second kappa shape index (κ2) is 5.70. The van der Waals surface area contributed by atoms with Gasteiger partial charge in [0.15, 0.2) is 0 Å². The number of rotatable bonds is 4. The Balaban J connectivity index is 1.60. The Labute approximate surface area is 138 Å². The molecule has 2 aliphatic rings. The van der Waals surface area contributed by atoms with Crippen molar-refractivity contribution in [2.24, 2.45) is 5.92 Å². The summed E-state index contributed by atoms with van der Waals surface area (Å²) in [4.78, 5) is 32.5. The van der Waals surface area contributed by atoms with Crippen molar-refractivity contribution in [2.75, 3.05) is 23.3 Å². The van der Waals surface area contributed by atoms with Crippen molar-refractivity contribution in [1.29, 1.82) is 0 Å². The number of nitrogens with zero attached hydrogens (tertiary/aromatic N) is 2. The molecular formula is C16H19N5O3. The van der Waals surface area contributed by atoms with Crippen molar-refractivity contribution in [3.05, 3.63) is 18.3 Å². The summed E-state index contributed by atoms with van der Waals surface area (Å²) in [6.07, 6.45) is 3.46. The van der Waals surface area contributed by atoms with Gasteiger partial charge in [-0.1, -0.05) is 0 Å². The van der Waals surface area contributed by atoms with Crippen LogP contribution in [0.15, 0.2) is 18.3 Å². The first kappa shape index (κ1) is 14.8. The Morgan fingerprint density at radius 1 is 1.33 bits per heavy atom. The Morgan fingerprint density at radius 3 is 2.92 bits per heavy atom. The average molecular weight is 329 g/mol. The molecule has 24 heavy (non-hydrogen) atoms. The van der Waals surface area contributed by atoms with E-state index in [4.69, 9.17) is 5.11 Å². The Morgan fingerprint density at radius 2 is 2.17 bits per heavy atom. The van der Waals surface area contributed by atoms with Crippen molar-refractivity contribution in [2.45, 2.75) is 25.3 Å². The highest BCUT2D eigenvalue weighted by Crippen LogP contribution is 2.33. The summed E-state index contributed by atoms with van der Waals surface area (Å²) >= 11 is 0. The van der Waals surface area contributed by atoms with Crippen molar-refractivity contribution in [1.82, 2.24) is 15.3 Å². The molecular weight excluding hydrogens is 310 g/mol. The van der Waals surface area contributed by atoms with Crippen molar-refractivity contribution in [3.8, 4) is 0 Å². The molecule has 2 aromatic rings. The van der Waals surface area contributed by atoms with Crippen molar-refractivity contribution < 1.29 is 14.7 Å². The standard InChI is InChI=1S/C16H19N5O3/c22-15(9-1-2-9)20-13-7-12(11-3-5-17-14(11)19-13)21-6-4-10(8-21)18-16(23)24/h3,5,7,9-10,18H,1-2,4,6,8H2,(H,23,24)(H2,17,19,20,22)/t10-/m0/s1. The van der Waals surface area contributed by atoms with Gasteiger partial charge in [-0.2, -0.15) is 0 Å². The van der Waals surface area contributed by atoms with E-state index in [1.54, 1.807) is 0 Å². The zero-order valence-electron chi connectivity index (χ0n) is 13.1. The van der Waals surface area contributed by atoms with Gasteiger partial charge in [0.25, 0.3) is 0 Å². The quantitative estimate of drug-likeness (QED) is 0.683. The maximum atomic E-state index is 12.0. The van der Waals surface area contributed by atoms with Crippen LogP contribution >= 0.6 is 0 Å². The Kier molecular flexibility index (Phi) is 3.51. The van der Waals surface area contributed by atoms with Crippen molar-refractivity contribution in [3.63, 3.8) is 0 Å². The lowest BCUT2D eigenvalue weighted by molar-refractivity contribution is -0.117. The van der Waals surface area contributed by atoms with E-state index in [1.165, 1.54) is 0 Å². The second-order valence-corrected chi connectivity index (χ2v) is 6.41. The summed E-state index contributed by atoms with van der Waals surface area (Å²) in [5, 5.41) is 15.3. The van der Waals surface area contributed by atoms with E-state index in [1.807, 2.05) is 18.3 Å². The van der Waals surface area contributed by atoms with Gasteiger partial charge in [-0.25, -0.2) is 9.78 Å². The van der Waals surface area contributed by atoms with Crippen LogP contribution in [0.3, 0.4) is 0 Å². The molecule has 4 N–H and O–H groups in total. The fraction of sp³-hybridized carbons (Fsp3) is 0.438. The van der Waals surface area contributed by atoms with Gasteiger partial charge < -0.3 is 25.6 Å². The lowest BCUT2D eigenvalue weighted by Crippen LogP contribution is -2.36. The van der Waals surface area contributed by atoms with Gasteiger partial charge >= 0.3 is 6.09 Å². The molecule has 1 aliphatic heterocycles. The number of carboxylic acid groups (broad SMARTS) is 1. The molecule has 1 saturated carbocycles. The topological polar surface area (TPSA) is 110 Å². The number of aromatic nitrogens is 2. The number of hydrogen-bond acceptors (Lipinski definition) is 4. The molecule has 4 rings (SSSR count). The van der Waals surface area contributed by atoms with Crippen LogP contribution in [0, 0.1) is 5.92 Å². The van der Waals surface area contributed by atoms with Crippen LogP contribution in [0.4, 0.5) is 16.3 Å². The Hall–Kier alpha value is -2.77. The molecule has 0 aromatic carbocycles. The smallest absolute Gasteiger partial charge is 0.404 e. The molecule has 0 unspecified atom stereocenters. The summed E-state index contributed by atoms with van der Waals surface area (Å²) in [5.41, 5.74) is 1.68. The third-order valence-corrected chi connectivity index (χ3v) is 4.56. The molecule has 2 fully saturated rings. The summed E-state index contributed by atoms with van der Waals surface area (Å²) in [7, 11) is 0. The zero-order chi connectivity index (χ0) is 16.7. The molecule has 126 valence electrons. The van der Waals surface area contributed by atoms with E-state index >= 15 is 0 Å². The van der Waals surface area contributed by atoms with E-state index in [0.29, 0.717) is 18.0 Å². The van der Waals surface area contributed by atoms with Crippen LogP contribution in [0.1, 0.15) is 19.3 Å². The SMILES string of the molecule is O=C(O)N[C@H]1CCN(c2cc(NC(=O)C3CC3)nc3[nH]ccc23)C1. The monoisotopic (exact) mass is 329 g/mol. The largest absolute Gasteiger partial charge is 0.465 e. The van der Waals surface area contributed by atoms with E-state index in [-0.39, 0.29) is 17.9 Å². The van der Waals surface area contributed by atoms with Gasteiger partial charge in [-0.05, 0) is 25.3 Å². The molecule has 0 spiro atoms. The van der Waals surface area contributed by atoms with Crippen LogP contribution in [0.2, 0.25) is 0 Å². The van der Waals surface area contributed by atoms with Gasteiger partial charge in [0, 0.05) is 36.7 Å². The lowest BCUT2D eigenvalue weighted by Gasteiger charge is -2.20. The number of H-pyrrole nitrogens is 1. The zero-order valence-corrected chi connectivity index (χ0v) is 13.1. The number of amides is 2. The average Bonchev–Trinajstić information content (AvgIpc) is 3.11. The number of anilines is 2. The summed E-state index contributed by atoms with van der Waals surface area (Å²) in [6.45, 7) is 1.36. The van der Waals surface area contributed by atoms with Gasteiger partial charge in [-0.15, -0.1) is 0 Å². The van der Waals surface area contributed by atoms with Crippen LogP contribution in [0.5, 0.6) is 0 Å². The van der Waals surface area contributed by atoms with E-state index in [2.05, 4.69) is 25.5 Å². The third kappa shape index (κ3) is 2.86. The highest BCUT2D eigenvalue weighted by molar-refractivity contribution is 5.97. The first-order chi connectivity index (χ1) is 11.6. The minimum absolute atomic E-state index is 0.0196. The summed E-state index contributed by atoms with van der Waals surface area (Å²) in [5.74, 6) is 0.670. The number of carbonyl (C=O) groups excluding carboxylic acids is 1. The van der Waals surface area contributed by atoms with E-state index in [9.17, 15) is 9.59 Å². The minimum Gasteiger partial charge on any atom is -0.465 e. The molecule has 8 heteroatoms. The van der Waals surface area contributed by atoms with Gasteiger partial charge in [0.2, 0.25) is 5.91 Å². The molecule has 1 saturated heterocycles. The normalized spacial score (nSPS) is 20.3. The molecule has 1 atom stereocenters. The summed E-state index contributed by atoms with van der Waals surface area (Å²) < 4.78 is 0. The predicted octanol–water partition coefficient (Wildman–Crippen LogP) is 1.76. The molecule has 8 nitrogen and oxygen atoms in total. The van der Waals surface area contributed by atoms with E-state index < -0.39 is 6.09 Å². The molecule has 0 radical (unpaired) electrons. The third-order valence-electron chi connectivity index (χ3n) is 4.56. The highest BCUT2D eigenvalue weighted by atomic mass is 16.4. The fourth-order valence-corrected chi connectivity index (χ4v) is 3.19. The first-order valence-corrected chi connectivity index (χ1v) is 8.13. The lowest BCUT2D eigenvalue weighted by atomic mass is 10.2. The fourth-order valence-electron chi connectivity index (χ4n) is 3.19. The maximum absolute atomic E-state index is 12.0. The van der Waals surface area contributed by atoms with Crippen LogP contribution in [-0.4, -0.2) is 46.2 Å². The minimum atomic E-state index is -0.999. The number of nitrogens with one attached hydrogen (secondary N) is 3. The second-order valence-electron chi connectivity index (χ2n) is 6.41. The number of pyridine rings is 1. The van der Waals surface area contributed by atoms with Gasteiger partial charge in [0.1, 0.15) is 11.5 Å².